The van der Waals surface area contributed by atoms with Crippen molar-refractivity contribution in [3.8, 4) is 5.75 Å². The van der Waals surface area contributed by atoms with Crippen molar-refractivity contribution >= 4 is 45.1 Å². The molecule has 2 aromatic rings. The van der Waals surface area contributed by atoms with Crippen LogP contribution in [-0.2, 0) is 0 Å². The first kappa shape index (κ1) is 12.3. The Morgan fingerprint density at radius 2 is 2.24 bits per heavy atom. The summed E-state index contributed by atoms with van der Waals surface area (Å²) < 4.78 is 6.48. The summed E-state index contributed by atoms with van der Waals surface area (Å²) >= 11 is 3.36. The third-order valence-corrected chi connectivity index (χ3v) is 3.01. The summed E-state index contributed by atoms with van der Waals surface area (Å²) in [6.07, 6.45) is 0. The molecule has 0 unspecified atom stereocenters. The summed E-state index contributed by atoms with van der Waals surface area (Å²) in [5.74, 6) is 1.19. The average molecular weight is 318 g/mol. The van der Waals surface area contributed by atoms with Gasteiger partial charge in [0.05, 0.1) is 11.9 Å². The van der Waals surface area contributed by atoms with E-state index >= 15 is 0 Å². The van der Waals surface area contributed by atoms with Gasteiger partial charge in [-0.3, -0.25) is 4.99 Å². The minimum atomic E-state index is 0. The molecule has 1 aromatic carbocycles. The lowest BCUT2D eigenvalue weighted by Crippen LogP contribution is -2.18. The number of fused-ring (bicyclic) bond motifs is 1. The highest BCUT2D eigenvalue weighted by Crippen LogP contribution is 2.34. The van der Waals surface area contributed by atoms with Crippen LogP contribution in [0.1, 0.15) is 5.76 Å². The van der Waals surface area contributed by atoms with Crippen molar-refractivity contribution in [1.82, 2.24) is 5.32 Å². The van der Waals surface area contributed by atoms with Crippen molar-refractivity contribution < 1.29 is 9.52 Å². The zero-order chi connectivity index (χ0) is 11.1. The molecule has 0 amide bonds. The van der Waals surface area contributed by atoms with Crippen molar-refractivity contribution in [2.45, 2.75) is 0 Å². The first-order valence-electron chi connectivity index (χ1n) is 4.95. The molecule has 0 aliphatic carbocycles. The molecule has 0 spiro atoms. The number of nitrogens with one attached hydrogen (secondary N) is 1. The van der Waals surface area contributed by atoms with Gasteiger partial charge in [-0.1, -0.05) is 15.9 Å². The summed E-state index contributed by atoms with van der Waals surface area (Å²) in [5.41, 5.74) is 0.659. The smallest absolute Gasteiger partial charge is 0.211 e. The third kappa shape index (κ3) is 2.00. The molecule has 1 aromatic heterocycles. The Labute approximate surface area is 112 Å². The molecule has 3 rings (SSSR count). The number of furan rings is 1. The van der Waals surface area contributed by atoms with Gasteiger partial charge in [0.2, 0.25) is 5.76 Å². The van der Waals surface area contributed by atoms with Crippen LogP contribution in [0, 0.1) is 0 Å². The molecule has 0 atom stereocenters. The highest BCUT2D eigenvalue weighted by Gasteiger charge is 2.20. The number of nitrogens with zero attached hydrogens (tertiary/aromatic N) is 1. The minimum absolute atomic E-state index is 0. The molecule has 1 aliphatic heterocycles. The number of aromatic hydroxyl groups is 1. The second kappa shape index (κ2) is 4.58. The van der Waals surface area contributed by atoms with Crippen LogP contribution in [0.25, 0.3) is 11.0 Å². The van der Waals surface area contributed by atoms with Gasteiger partial charge in [0.1, 0.15) is 5.58 Å². The molecule has 0 fully saturated rings. The number of rotatable bonds is 1. The maximum absolute atomic E-state index is 10.0. The summed E-state index contributed by atoms with van der Waals surface area (Å²) in [6.45, 7) is 1.50. The molecule has 4 nitrogen and oxygen atoms in total. The van der Waals surface area contributed by atoms with Crippen molar-refractivity contribution in [1.29, 1.82) is 0 Å². The van der Waals surface area contributed by atoms with E-state index < -0.39 is 0 Å². The van der Waals surface area contributed by atoms with Crippen LogP contribution in [0.15, 0.2) is 32.1 Å². The molecule has 1 aliphatic rings. The largest absolute Gasteiger partial charge is 0.504 e. The second-order valence-corrected chi connectivity index (χ2v) is 4.49. The highest BCUT2D eigenvalue weighted by atomic mass is 79.9. The summed E-state index contributed by atoms with van der Waals surface area (Å²) in [6, 6.07) is 5.52. The fraction of sp³-hybridized carbons (Fsp3) is 0.182. The van der Waals surface area contributed by atoms with Gasteiger partial charge < -0.3 is 14.8 Å². The lowest BCUT2D eigenvalue weighted by molar-refractivity contribution is 0.460. The molecule has 2 N–H and O–H groups in total. The standard InChI is InChI=1S/C11H9BrN2O2.ClH/c12-6-1-2-8-7(5-6)9(15)10(16-8)11-13-3-4-14-11;/h1-2,5,15H,3-4H2,(H,13,14);1H. The maximum atomic E-state index is 10.0. The van der Waals surface area contributed by atoms with E-state index in [4.69, 9.17) is 4.42 Å². The molecular formula is C11H10BrClN2O2. The Morgan fingerprint density at radius 3 is 2.94 bits per heavy atom. The number of aliphatic imine (C=N–C) groups is 1. The SMILES string of the molecule is Cl.Oc1c(C2=NCCN2)oc2ccc(Br)cc12. The van der Waals surface area contributed by atoms with E-state index in [0.717, 1.165) is 17.6 Å². The van der Waals surface area contributed by atoms with E-state index in [-0.39, 0.29) is 18.2 Å². The van der Waals surface area contributed by atoms with E-state index in [1.807, 2.05) is 18.2 Å². The molecule has 0 radical (unpaired) electrons. The Balaban J connectivity index is 0.00000108. The molecule has 90 valence electrons. The van der Waals surface area contributed by atoms with Crippen LogP contribution in [0.4, 0.5) is 0 Å². The van der Waals surface area contributed by atoms with Crippen LogP contribution in [-0.4, -0.2) is 24.0 Å². The van der Waals surface area contributed by atoms with Crippen LogP contribution in [0.3, 0.4) is 0 Å². The molecule has 2 heterocycles. The Kier molecular flexibility index (Phi) is 3.31. The molecule has 6 heteroatoms. The maximum Gasteiger partial charge on any atom is 0.211 e. The predicted molar refractivity (Wildman–Crippen MR) is 72.2 cm³/mol. The van der Waals surface area contributed by atoms with Crippen molar-refractivity contribution in [2.24, 2.45) is 4.99 Å². The first-order chi connectivity index (χ1) is 7.75. The topological polar surface area (TPSA) is 57.8 Å². The van der Waals surface area contributed by atoms with Gasteiger partial charge in [-0.2, -0.15) is 0 Å². The number of hydrogen-bond donors (Lipinski definition) is 2. The van der Waals surface area contributed by atoms with Gasteiger partial charge in [-0.25, -0.2) is 0 Å². The summed E-state index contributed by atoms with van der Waals surface area (Å²) in [7, 11) is 0. The van der Waals surface area contributed by atoms with Gasteiger partial charge in [-0.15, -0.1) is 12.4 Å². The number of benzene rings is 1. The van der Waals surface area contributed by atoms with Crippen LogP contribution >= 0.6 is 28.3 Å². The van der Waals surface area contributed by atoms with Gasteiger partial charge in [0, 0.05) is 11.0 Å². The zero-order valence-corrected chi connectivity index (χ0v) is 11.1. The van der Waals surface area contributed by atoms with Crippen LogP contribution in [0.2, 0.25) is 0 Å². The Hall–Kier alpha value is -1.20. The lowest BCUT2D eigenvalue weighted by Gasteiger charge is -1.96. The third-order valence-electron chi connectivity index (χ3n) is 2.51. The fourth-order valence-electron chi connectivity index (χ4n) is 1.77. The van der Waals surface area contributed by atoms with E-state index in [2.05, 4.69) is 26.2 Å². The monoisotopic (exact) mass is 316 g/mol. The summed E-state index contributed by atoms with van der Waals surface area (Å²) in [5, 5.41) is 13.8. The van der Waals surface area contributed by atoms with Crippen LogP contribution in [0.5, 0.6) is 5.75 Å². The van der Waals surface area contributed by atoms with Crippen molar-refractivity contribution in [3.63, 3.8) is 0 Å². The molecule has 0 bridgehead atoms. The van der Waals surface area contributed by atoms with Crippen molar-refractivity contribution in [2.75, 3.05) is 13.1 Å². The van der Waals surface area contributed by atoms with Gasteiger partial charge in [0.15, 0.2) is 11.6 Å². The molecule has 0 saturated heterocycles. The predicted octanol–water partition coefficient (Wildman–Crippen LogP) is 2.67. The van der Waals surface area contributed by atoms with E-state index in [1.165, 1.54) is 0 Å². The normalized spacial score (nSPS) is 14.3. The van der Waals surface area contributed by atoms with E-state index in [1.54, 1.807) is 0 Å². The first-order valence-corrected chi connectivity index (χ1v) is 5.75. The average Bonchev–Trinajstić information content (AvgIpc) is 2.87. The quantitative estimate of drug-likeness (QED) is 0.850. The summed E-state index contributed by atoms with van der Waals surface area (Å²) in [4.78, 5) is 4.22. The number of halogens is 2. The van der Waals surface area contributed by atoms with Gasteiger partial charge in [-0.05, 0) is 18.2 Å². The van der Waals surface area contributed by atoms with Crippen molar-refractivity contribution in [3.05, 3.63) is 28.4 Å². The molecule has 17 heavy (non-hydrogen) atoms. The molecular weight excluding hydrogens is 307 g/mol. The van der Waals surface area contributed by atoms with Crippen LogP contribution < -0.4 is 5.32 Å². The number of hydrogen-bond acceptors (Lipinski definition) is 4. The minimum Gasteiger partial charge on any atom is -0.504 e. The van der Waals surface area contributed by atoms with Gasteiger partial charge in [0.25, 0.3) is 0 Å². The molecule has 0 saturated carbocycles. The zero-order valence-electron chi connectivity index (χ0n) is 8.74. The lowest BCUT2D eigenvalue weighted by atomic mass is 10.2. The Bertz CT molecular complexity index is 594. The number of amidine groups is 1. The fourth-order valence-corrected chi connectivity index (χ4v) is 2.13. The van der Waals surface area contributed by atoms with E-state index in [9.17, 15) is 5.11 Å². The highest BCUT2D eigenvalue weighted by molar-refractivity contribution is 9.10. The Morgan fingerprint density at radius 1 is 1.41 bits per heavy atom. The van der Waals surface area contributed by atoms with E-state index in [0.29, 0.717) is 22.6 Å². The second-order valence-electron chi connectivity index (χ2n) is 3.58. The van der Waals surface area contributed by atoms with Gasteiger partial charge >= 0.3 is 0 Å².